The molecule has 0 unspecified atom stereocenters. The average Bonchev–Trinajstić information content (AvgIpc) is 2.69. The van der Waals surface area contributed by atoms with Crippen LogP contribution >= 0.6 is 0 Å². The summed E-state index contributed by atoms with van der Waals surface area (Å²) < 4.78 is 5.64. The van der Waals surface area contributed by atoms with E-state index in [1.807, 2.05) is 43.3 Å². The Bertz CT molecular complexity index is 976. The van der Waals surface area contributed by atoms with Gasteiger partial charge in [0.05, 0.1) is 11.5 Å². The molecule has 0 fully saturated rings. The third-order valence-electron chi connectivity index (χ3n) is 4.17. The van der Waals surface area contributed by atoms with Gasteiger partial charge in [-0.05, 0) is 55.3 Å². The van der Waals surface area contributed by atoms with E-state index in [4.69, 9.17) is 4.74 Å². The number of unbranched alkanes of at least 4 members (excludes halogenated alkanes) is 1. The molecule has 2 N–H and O–H groups in total. The molecule has 8 heteroatoms. The molecule has 3 aromatic rings. The van der Waals surface area contributed by atoms with Gasteiger partial charge in [0.1, 0.15) is 12.1 Å². The van der Waals surface area contributed by atoms with Crippen LogP contribution in [0.1, 0.15) is 25.3 Å². The van der Waals surface area contributed by atoms with Gasteiger partial charge in [0.25, 0.3) is 0 Å². The van der Waals surface area contributed by atoms with Gasteiger partial charge < -0.3 is 15.4 Å². The SMILES string of the molecule is CCCCOc1ccc(Nc2ncnc(Nc3cccc(C)c3)c2[N+](=O)[O-])cc1. The second kappa shape index (κ2) is 9.50. The molecule has 0 aliphatic rings. The summed E-state index contributed by atoms with van der Waals surface area (Å²) in [4.78, 5) is 19.3. The number of ether oxygens (including phenoxy) is 1. The Balaban J connectivity index is 1.81. The van der Waals surface area contributed by atoms with Gasteiger partial charge in [0, 0.05) is 11.4 Å². The molecular weight excluding hydrogens is 370 g/mol. The number of hydrogen-bond donors (Lipinski definition) is 2. The van der Waals surface area contributed by atoms with E-state index >= 15 is 0 Å². The third kappa shape index (κ3) is 5.41. The normalized spacial score (nSPS) is 10.4. The molecule has 1 aromatic heterocycles. The first-order valence-corrected chi connectivity index (χ1v) is 9.40. The number of nitrogens with one attached hydrogen (secondary N) is 2. The van der Waals surface area contributed by atoms with E-state index in [0.29, 0.717) is 18.0 Å². The van der Waals surface area contributed by atoms with Gasteiger partial charge in [-0.3, -0.25) is 10.1 Å². The van der Waals surface area contributed by atoms with E-state index in [1.165, 1.54) is 6.33 Å². The van der Waals surface area contributed by atoms with Crippen molar-refractivity contribution in [2.75, 3.05) is 17.2 Å². The second-order valence-electron chi connectivity index (χ2n) is 6.52. The lowest BCUT2D eigenvalue weighted by atomic mass is 10.2. The van der Waals surface area contributed by atoms with Crippen LogP contribution in [0.25, 0.3) is 0 Å². The summed E-state index contributed by atoms with van der Waals surface area (Å²) in [5, 5.41) is 17.7. The van der Waals surface area contributed by atoms with Crippen LogP contribution < -0.4 is 15.4 Å². The maximum atomic E-state index is 11.7. The summed E-state index contributed by atoms with van der Waals surface area (Å²) in [6, 6.07) is 14.7. The molecule has 2 aromatic carbocycles. The third-order valence-corrected chi connectivity index (χ3v) is 4.17. The van der Waals surface area contributed by atoms with Crippen LogP contribution in [0.5, 0.6) is 5.75 Å². The van der Waals surface area contributed by atoms with Crippen molar-refractivity contribution in [3.8, 4) is 5.75 Å². The molecule has 0 aliphatic carbocycles. The molecule has 8 nitrogen and oxygen atoms in total. The van der Waals surface area contributed by atoms with Gasteiger partial charge in [-0.15, -0.1) is 0 Å². The summed E-state index contributed by atoms with van der Waals surface area (Å²) >= 11 is 0. The Hall–Kier alpha value is -3.68. The number of hydrogen-bond acceptors (Lipinski definition) is 7. The summed E-state index contributed by atoms with van der Waals surface area (Å²) in [5.74, 6) is 0.986. The second-order valence-corrected chi connectivity index (χ2v) is 6.52. The zero-order chi connectivity index (χ0) is 20.6. The summed E-state index contributed by atoms with van der Waals surface area (Å²) in [6.07, 6.45) is 3.34. The van der Waals surface area contributed by atoms with E-state index in [0.717, 1.165) is 24.2 Å². The van der Waals surface area contributed by atoms with Crippen LogP contribution in [-0.4, -0.2) is 21.5 Å². The van der Waals surface area contributed by atoms with Crippen LogP contribution in [0.4, 0.5) is 28.7 Å². The summed E-state index contributed by atoms with van der Waals surface area (Å²) in [5.41, 5.74) is 2.19. The number of anilines is 4. The number of nitrogens with zero attached hydrogens (tertiary/aromatic N) is 3. The Morgan fingerprint density at radius 2 is 1.72 bits per heavy atom. The Labute approximate surface area is 169 Å². The van der Waals surface area contributed by atoms with Crippen molar-refractivity contribution in [1.82, 2.24) is 9.97 Å². The van der Waals surface area contributed by atoms with Crippen LogP contribution in [0, 0.1) is 17.0 Å². The highest BCUT2D eigenvalue weighted by molar-refractivity contribution is 5.76. The lowest BCUT2D eigenvalue weighted by Crippen LogP contribution is -2.05. The quantitative estimate of drug-likeness (QED) is 0.287. The Morgan fingerprint density at radius 1 is 1.03 bits per heavy atom. The van der Waals surface area contributed by atoms with Crippen molar-refractivity contribution in [3.63, 3.8) is 0 Å². The van der Waals surface area contributed by atoms with E-state index < -0.39 is 4.92 Å². The van der Waals surface area contributed by atoms with Crippen molar-refractivity contribution in [1.29, 1.82) is 0 Å². The standard InChI is InChI=1S/C21H23N5O3/c1-3-4-12-29-18-10-8-16(9-11-18)24-20-19(26(27)28)21(23-14-22-20)25-17-7-5-6-15(2)13-17/h5-11,13-14H,3-4,12H2,1-2H3,(H2,22,23,24,25). The van der Waals surface area contributed by atoms with Crippen molar-refractivity contribution in [3.05, 3.63) is 70.5 Å². The smallest absolute Gasteiger partial charge is 0.353 e. The lowest BCUT2D eigenvalue weighted by Gasteiger charge is -2.11. The Morgan fingerprint density at radius 3 is 2.34 bits per heavy atom. The predicted octanol–water partition coefficient (Wildman–Crippen LogP) is 5.36. The fraction of sp³-hybridized carbons (Fsp3) is 0.238. The first kappa shape index (κ1) is 20.1. The Kier molecular flexibility index (Phi) is 6.57. The van der Waals surface area contributed by atoms with Crippen LogP contribution in [-0.2, 0) is 0 Å². The van der Waals surface area contributed by atoms with Gasteiger partial charge in [0.15, 0.2) is 0 Å². The molecule has 0 amide bonds. The average molecular weight is 393 g/mol. The molecule has 3 rings (SSSR count). The fourth-order valence-corrected chi connectivity index (χ4v) is 2.70. The van der Waals surface area contributed by atoms with E-state index in [2.05, 4.69) is 27.5 Å². The first-order valence-electron chi connectivity index (χ1n) is 9.40. The van der Waals surface area contributed by atoms with Gasteiger partial charge >= 0.3 is 5.69 Å². The van der Waals surface area contributed by atoms with Crippen LogP contribution in [0.2, 0.25) is 0 Å². The van der Waals surface area contributed by atoms with Crippen molar-refractivity contribution < 1.29 is 9.66 Å². The number of aryl methyl sites for hydroxylation is 1. The van der Waals surface area contributed by atoms with Gasteiger partial charge in [-0.1, -0.05) is 25.5 Å². The molecule has 29 heavy (non-hydrogen) atoms. The summed E-state index contributed by atoms with van der Waals surface area (Å²) in [7, 11) is 0. The molecule has 0 radical (unpaired) electrons. The highest BCUT2D eigenvalue weighted by Crippen LogP contribution is 2.33. The lowest BCUT2D eigenvalue weighted by molar-refractivity contribution is -0.383. The van der Waals surface area contributed by atoms with Crippen LogP contribution in [0.3, 0.4) is 0 Å². The number of benzene rings is 2. The number of rotatable bonds is 9. The highest BCUT2D eigenvalue weighted by Gasteiger charge is 2.23. The first-order chi connectivity index (χ1) is 14.1. The predicted molar refractivity (Wildman–Crippen MR) is 113 cm³/mol. The molecule has 1 heterocycles. The topological polar surface area (TPSA) is 102 Å². The van der Waals surface area contributed by atoms with Gasteiger partial charge in [-0.25, -0.2) is 9.97 Å². The van der Waals surface area contributed by atoms with E-state index in [-0.39, 0.29) is 17.3 Å². The van der Waals surface area contributed by atoms with Crippen molar-refractivity contribution in [2.45, 2.75) is 26.7 Å². The van der Waals surface area contributed by atoms with E-state index in [9.17, 15) is 10.1 Å². The molecule has 0 aliphatic heterocycles. The van der Waals surface area contributed by atoms with E-state index in [1.54, 1.807) is 12.1 Å². The number of nitro groups is 1. The minimum atomic E-state index is -0.497. The summed E-state index contributed by atoms with van der Waals surface area (Å²) in [6.45, 7) is 4.71. The van der Waals surface area contributed by atoms with Gasteiger partial charge in [-0.2, -0.15) is 0 Å². The van der Waals surface area contributed by atoms with Gasteiger partial charge in [0.2, 0.25) is 11.6 Å². The number of aromatic nitrogens is 2. The molecule has 150 valence electrons. The van der Waals surface area contributed by atoms with Crippen molar-refractivity contribution >= 4 is 28.7 Å². The van der Waals surface area contributed by atoms with Crippen molar-refractivity contribution in [2.24, 2.45) is 0 Å². The molecule has 0 saturated carbocycles. The molecule has 0 bridgehead atoms. The minimum Gasteiger partial charge on any atom is -0.494 e. The van der Waals surface area contributed by atoms with Crippen LogP contribution in [0.15, 0.2) is 54.9 Å². The molecular formula is C21H23N5O3. The monoisotopic (exact) mass is 393 g/mol. The zero-order valence-corrected chi connectivity index (χ0v) is 16.4. The molecule has 0 spiro atoms. The highest BCUT2D eigenvalue weighted by atomic mass is 16.6. The fourth-order valence-electron chi connectivity index (χ4n) is 2.70. The zero-order valence-electron chi connectivity index (χ0n) is 16.4. The molecule has 0 atom stereocenters. The minimum absolute atomic E-state index is 0.111. The molecule has 0 saturated heterocycles. The largest absolute Gasteiger partial charge is 0.494 e. The maximum absolute atomic E-state index is 11.7. The maximum Gasteiger partial charge on any atom is 0.353 e.